The number of carbonyl (C=O) groups excluding carboxylic acids is 1. The van der Waals surface area contributed by atoms with Crippen molar-refractivity contribution < 1.29 is 23.1 Å². The Hall–Kier alpha value is -2.42. The molecule has 1 aliphatic rings. The molecule has 3 rings (SSSR count). The van der Waals surface area contributed by atoms with Gasteiger partial charge in [-0.25, -0.2) is 18.2 Å². The normalized spacial score (nSPS) is 16.0. The molecule has 1 aromatic heterocycles. The lowest BCUT2D eigenvalue weighted by Gasteiger charge is -2.14. The predicted molar refractivity (Wildman–Crippen MR) is 86.0 cm³/mol. The van der Waals surface area contributed by atoms with Gasteiger partial charge in [0, 0.05) is 6.26 Å². The van der Waals surface area contributed by atoms with Crippen molar-refractivity contribution in [2.24, 2.45) is 0 Å². The van der Waals surface area contributed by atoms with Crippen LogP contribution in [0.1, 0.15) is 18.7 Å². The van der Waals surface area contributed by atoms with Crippen LogP contribution in [0.15, 0.2) is 24.3 Å². The lowest BCUT2D eigenvalue weighted by Crippen LogP contribution is -2.44. The van der Waals surface area contributed by atoms with Crippen LogP contribution in [0.4, 0.5) is 0 Å². The van der Waals surface area contributed by atoms with Gasteiger partial charge >= 0.3 is 5.97 Å². The highest BCUT2D eigenvalue weighted by atomic mass is 32.2. The van der Waals surface area contributed by atoms with Gasteiger partial charge in [-0.2, -0.15) is 0 Å². The van der Waals surface area contributed by atoms with Gasteiger partial charge in [0.15, 0.2) is 9.84 Å². The number of carbonyl (C=O) groups is 2. The quantitative estimate of drug-likeness (QED) is 0.773. The van der Waals surface area contributed by atoms with E-state index in [1.54, 1.807) is 24.3 Å². The van der Waals surface area contributed by atoms with Gasteiger partial charge in [0.2, 0.25) is 5.91 Å². The van der Waals surface area contributed by atoms with E-state index in [2.05, 4.69) is 10.3 Å². The average Bonchev–Trinajstić information content (AvgIpc) is 3.17. The maximum Gasteiger partial charge on any atom is 0.329 e. The molecule has 8 nitrogen and oxygen atoms in total. The van der Waals surface area contributed by atoms with Crippen molar-refractivity contribution in [3.05, 3.63) is 30.1 Å². The summed E-state index contributed by atoms with van der Waals surface area (Å²) in [6, 6.07) is 7.01. The first-order valence-electron chi connectivity index (χ1n) is 7.36. The Bertz CT molecular complexity index is 928. The van der Waals surface area contributed by atoms with Gasteiger partial charge in [-0.05, 0) is 25.0 Å². The van der Waals surface area contributed by atoms with E-state index in [0.717, 1.165) is 6.26 Å². The third-order valence-corrected chi connectivity index (χ3v) is 4.75. The first kappa shape index (κ1) is 16.4. The Labute approximate surface area is 138 Å². The molecule has 0 atom stereocenters. The molecule has 0 aliphatic heterocycles. The van der Waals surface area contributed by atoms with Crippen molar-refractivity contribution in [1.82, 2.24) is 14.9 Å². The number of sulfone groups is 1. The highest BCUT2D eigenvalue weighted by molar-refractivity contribution is 7.89. The maximum absolute atomic E-state index is 12.3. The van der Waals surface area contributed by atoms with Crippen LogP contribution in [0.2, 0.25) is 0 Å². The predicted octanol–water partition coefficient (Wildman–Crippen LogP) is 0.314. The number of benzene rings is 1. The smallest absolute Gasteiger partial charge is 0.329 e. The number of carboxylic acid groups (broad SMARTS) is 1. The van der Waals surface area contributed by atoms with Crippen molar-refractivity contribution in [3.8, 4) is 0 Å². The summed E-state index contributed by atoms with van der Waals surface area (Å²) in [6.45, 7) is -0.180. The maximum atomic E-state index is 12.3. The lowest BCUT2D eigenvalue weighted by molar-refractivity contribution is -0.143. The van der Waals surface area contributed by atoms with Crippen molar-refractivity contribution >= 4 is 32.7 Å². The van der Waals surface area contributed by atoms with E-state index >= 15 is 0 Å². The Kier molecular flexibility index (Phi) is 3.83. The highest BCUT2D eigenvalue weighted by Crippen LogP contribution is 2.35. The lowest BCUT2D eigenvalue weighted by atomic mass is 10.2. The molecular formula is C15H17N3O5S. The molecule has 1 amide bonds. The van der Waals surface area contributed by atoms with E-state index in [4.69, 9.17) is 5.11 Å². The number of aromatic nitrogens is 2. The zero-order chi connectivity index (χ0) is 17.5. The van der Waals surface area contributed by atoms with Crippen LogP contribution < -0.4 is 5.32 Å². The number of imidazole rings is 1. The number of carboxylic acids is 1. The number of nitrogens with one attached hydrogen (secondary N) is 1. The van der Waals surface area contributed by atoms with Gasteiger partial charge in [0.1, 0.15) is 23.7 Å². The molecule has 0 radical (unpaired) electrons. The van der Waals surface area contributed by atoms with E-state index in [0.29, 0.717) is 23.9 Å². The molecule has 1 fully saturated rings. The fourth-order valence-corrected chi connectivity index (χ4v) is 3.30. The first-order chi connectivity index (χ1) is 11.2. The summed E-state index contributed by atoms with van der Waals surface area (Å²) in [7, 11) is -3.33. The second kappa shape index (κ2) is 5.59. The summed E-state index contributed by atoms with van der Waals surface area (Å²) in [5.41, 5.74) is 0.0413. The number of hydrogen-bond donors (Lipinski definition) is 2. The summed E-state index contributed by atoms with van der Waals surface area (Å²) in [5.74, 6) is -1.57. The van der Waals surface area contributed by atoms with Gasteiger partial charge in [-0.1, -0.05) is 12.1 Å². The van der Waals surface area contributed by atoms with Gasteiger partial charge in [-0.3, -0.25) is 4.79 Å². The minimum atomic E-state index is -3.33. The zero-order valence-corrected chi connectivity index (χ0v) is 13.8. The molecule has 1 saturated carbocycles. The van der Waals surface area contributed by atoms with E-state index in [1.165, 1.54) is 4.57 Å². The number of aliphatic carboxylic acids is 1. The zero-order valence-electron chi connectivity index (χ0n) is 13.0. The standard InChI is InChI=1S/C15H17N3O5S/c1-24(22,23)9-12-16-10-4-2-3-5-11(10)18(12)8-13(19)17-15(6-7-15)14(20)21/h2-5H,6-9H2,1H3,(H,17,19)(H,20,21). The molecule has 0 spiro atoms. The summed E-state index contributed by atoms with van der Waals surface area (Å²) in [4.78, 5) is 27.7. The minimum Gasteiger partial charge on any atom is -0.480 e. The molecule has 1 aromatic carbocycles. The second-order valence-corrected chi connectivity index (χ2v) is 8.25. The van der Waals surface area contributed by atoms with Crippen LogP contribution in [-0.2, 0) is 31.7 Å². The number of amides is 1. The summed E-state index contributed by atoms with van der Waals surface area (Å²) in [6.07, 6.45) is 1.89. The second-order valence-electron chi connectivity index (χ2n) is 6.11. The minimum absolute atomic E-state index is 0.180. The van der Waals surface area contributed by atoms with Crippen molar-refractivity contribution in [3.63, 3.8) is 0 Å². The number of nitrogens with zero attached hydrogens (tertiary/aromatic N) is 2. The van der Waals surface area contributed by atoms with Crippen molar-refractivity contribution in [2.45, 2.75) is 30.7 Å². The topological polar surface area (TPSA) is 118 Å². The Balaban J connectivity index is 1.91. The van der Waals surface area contributed by atoms with E-state index < -0.39 is 27.3 Å². The highest BCUT2D eigenvalue weighted by Gasteiger charge is 2.51. The van der Waals surface area contributed by atoms with E-state index in [1.807, 2.05) is 0 Å². The van der Waals surface area contributed by atoms with Gasteiger partial charge in [0.25, 0.3) is 0 Å². The molecule has 128 valence electrons. The number of rotatable bonds is 6. The molecule has 0 unspecified atom stereocenters. The van der Waals surface area contributed by atoms with Gasteiger partial charge in [-0.15, -0.1) is 0 Å². The van der Waals surface area contributed by atoms with Crippen LogP contribution in [0.25, 0.3) is 11.0 Å². The summed E-state index contributed by atoms with van der Waals surface area (Å²) in [5, 5.41) is 11.7. The number of hydrogen-bond acceptors (Lipinski definition) is 5. The van der Waals surface area contributed by atoms with Crippen LogP contribution in [0.3, 0.4) is 0 Å². The van der Waals surface area contributed by atoms with Crippen LogP contribution in [0.5, 0.6) is 0 Å². The fraction of sp³-hybridized carbons (Fsp3) is 0.400. The molecule has 9 heteroatoms. The third-order valence-electron chi connectivity index (χ3n) is 3.96. The molecule has 24 heavy (non-hydrogen) atoms. The molecule has 0 bridgehead atoms. The molecule has 0 saturated heterocycles. The van der Waals surface area contributed by atoms with Crippen molar-refractivity contribution in [2.75, 3.05) is 6.26 Å². The number of para-hydroxylation sites is 2. The van der Waals surface area contributed by atoms with Gasteiger partial charge in [0.05, 0.1) is 11.0 Å². The SMILES string of the molecule is CS(=O)(=O)Cc1nc2ccccc2n1CC(=O)NC1(C(=O)O)CC1. The largest absolute Gasteiger partial charge is 0.480 e. The van der Waals surface area contributed by atoms with Crippen LogP contribution in [-0.4, -0.2) is 46.7 Å². The Morgan fingerprint density at radius 2 is 2.00 bits per heavy atom. The Morgan fingerprint density at radius 3 is 2.58 bits per heavy atom. The van der Waals surface area contributed by atoms with Gasteiger partial charge < -0.3 is 15.0 Å². The molecular weight excluding hydrogens is 334 g/mol. The Morgan fingerprint density at radius 1 is 1.33 bits per heavy atom. The third kappa shape index (κ3) is 3.25. The summed E-state index contributed by atoms with van der Waals surface area (Å²) < 4.78 is 24.7. The van der Waals surface area contributed by atoms with Crippen molar-refractivity contribution in [1.29, 1.82) is 0 Å². The van der Waals surface area contributed by atoms with E-state index in [9.17, 15) is 18.0 Å². The fourth-order valence-electron chi connectivity index (χ4n) is 2.61. The molecule has 1 aliphatic carbocycles. The van der Waals surface area contributed by atoms with Crippen LogP contribution in [0, 0.1) is 0 Å². The summed E-state index contributed by atoms with van der Waals surface area (Å²) >= 11 is 0. The molecule has 2 aromatic rings. The van der Waals surface area contributed by atoms with E-state index in [-0.39, 0.29) is 18.1 Å². The average molecular weight is 351 g/mol. The van der Waals surface area contributed by atoms with Crippen LogP contribution >= 0.6 is 0 Å². The monoisotopic (exact) mass is 351 g/mol. The molecule has 2 N–H and O–H groups in total. The first-order valence-corrected chi connectivity index (χ1v) is 9.42. The molecule has 1 heterocycles. The number of fused-ring (bicyclic) bond motifs is 1.